The third-order valence-electron chi connectivity index (χ3n) is 2.96. The molecule has 3 heteroatoms. The van der Waals surface area contributed by atoms with Crippen LogP contribution < -0.4 is 10.2 Å². The number of nitrogens with one attached hydrogen (secondary N) is 1. The summed E-state index contributed by atoms with van der Waals surface area (Å²) in [7, 11) is 3.98. The van der Waals surface area contributed by atoms with Crippen LogP contribution in [0.15, 0.2) is 12.1 Å². The summed E-state index contributed by atoms with van der Waals surface area (Å²) >= 11 is 0. The van der Waals surface area contributed by atoms with Gasteiger partial charge in [-0.3, -0.25) is 0 Å². The van der Waals surface area contributed by atoms with E-state index in [-0.39, 0.29) is 11.9 Å². The standard InChI is InChI=1S/C14H23FN2/c1-6-7-16-11(3)12-9-13(15)10(2)8-14(12)17(4)5/h8-9,11,16H,6-7H2,1-5H3. The highest BCUT2D eigenvalue weighted by Crippen LogP contribution is 2.28. The molecule has 96 valence electrons. The van der Waals surface area contributed by atoms with E-state index in [0.29, 0.717) is 5.56 Å². The Kier molecular flexibility index (Phi) is 4.94. The van der Waals surface area contributed by atoms with Crippen molar-refractivity contribution in [3.05, 3.63) is 29.1 Å². The summed E-state index contributed by atoms with van der Waals surface area (Å²) in [6, 6.07) is 3.73. The van der Waals surface area contributed by atoms with Crippen molar-refractivity contribution in [2.75, 3.05) is 25.5 Å². The highest BCUT2D eigenvalue weighted by molar-refractivity contribution is 5.56. The third kappa shape index (κ3) is 3.43. The summed E-state index contributed by atoms with van der Waals surface area (Å²) in [5, 5.41) is 3.40. The second-order valence-electron chi connectivity index (χ2n) is 4.73. The van der Waals surface area contributed by atoms with Gasteiger partial charge in [-0.05, 0) is 50.1 Å². The quantitative estimate of drug-likeness (QED) is 0.847. The molecule has 0 fully saturated rings. The molecule has 2 nitrogen and oxygen atoms in total. The van der Waals surface area contributed by atoms with Gasteiger partial charge >= 0.3 is 0 Å². The number of aryl methyl sites for hydroxylation is 1. The van der Waals surface area contributed by atoms with Crippen LogP contribution in [0.25, 0.3) is 0 Å². The lowest BCUT2D eigenvalue weighted by molar-refractivity contribution is 0.560. The second-order valence-corrected chi connectivity index (χ2v) is 4.73. The zero-order chi connectivity index (χ0) is 13.0. The number of hydrogen-bond acceptors (Lipinski definition) is 2. The third-order valence-corrected chi connectivity index (χ3v) is 2.96. The molecule has 0 saturated heterocycles. The van der Waals surface area contributed by atoms with Crippen LogP contribution in [0.3, 0.4) is 0 Å². The Labute approximate surface area is 104 Å². The molecule has 1 unspecified atom stereocenters. The Bertz CT molecular complexity index is 375. The Morgan fingerprint density at radius 3 is 2.53 bits per heavy atom. The van der Waals surface area contributed by atoms with Crippen molar-refractivity contribution in [2.45, 2.75) is 33.2 Å². The molecule has 0 aliphatic heterocycles. The molecule has 0 heterocycles. The van der Waals surface area contributed by atoms with Gasteiger partial charge in [0.1, 0.15) is 5.82 Å². The first-order chi connectivity index (χ1) is 7.97. The normalized spacial score (nSPS) is 12.6. The lowest BCUT2D eigenvalue weighted by Crippen LogP contribution is -2.22. The number of rotatable bonds is 5. The smallest absolute Gasteiger partial charge is 0.126 e. The Morgan fingerprint density at radius 2 is 2.00 bits per heavy atom. The van der Waals surface area contributed by atoms with E-state index in [1.54, 1.807) is 13.0 Å². The minimum atomic E-state index is -0.129. The molecule has 0 radical (unpaired) electrons. The van der Waals surface area contributed by atoms with E-state index < -0.39 is 0 Å². The van der Waals surface area contributed by atoms with Gasteiger partial charge in [-0.15, -0.1) is 0 Å². The molecule has 1 atom stereocenters. The molecule has 1 aromatic rings. The predicted molar refractivity (Wildman–Crippen MR) is 72.2 cm³/mol. The average molecular weight is 238 g/mol. The molecule has 1 aromatic carbocycles. The molecule has 1 rings (SSSR count). The molecule has 0 amide bonds. The van der Waals surface area contributed by atoms with Gasteiger partial charge in [0.25, 0.3) is 0 Å². The van der Waals surface area contributed by atoms with Gasteiger partial charge in [0.15, 0.2) is 0 Å². The largest absolute Gasteiger partial charge is 0.377 e. The summed E-state index contributed by atoms with van der Waals surface area (Å²) in [6.07, 6.45) is 1.08. The molecule has 0 saturated carbocycles. The molecule has 0 aliphatic rings. The minimum absolute atomic E-state index is 0.129. The van der Waals surface area contributed by atoms with Crippen molar-refractivity contribution in [2.24, 2.45) is 0 Å². The molecule has 0 bridgehead atoms. The fraction of sp³-hybridized carbons (Fsp3) is 0.571. The monoisotopic (exact) mass is 238 g/mol. The van der Waals surface area contributed by atoms with Crippen LogP contribution in [0.4, 0.5) is 10.1 Å². The topological polar surface area (TPSA) is 15.3 Å². The molecule has 1 N–H and O–H groups in total. The van der Waals surface area contributed by atoms with E-state index >= 15 is 0 Å². The molecule has 0 aromatic heterocycles. The first-order valence-electron chi connectivity index (χ1n) is 6.18. The van der Waals surface area contributed by atoms with Crippen LogP contribution in [0.5, 0.6) is 0 Å². The maximum absolute atomic E-state index is 13.7. The molecule has 0 spiro atoms. The fourth-order valence-corrected chi connectivity index (χ4v) is 1.89. The lowest BCUT2D eigenvalue weighted by atomic mass is 10.0. The SMILES string of the molecule is CCCNC(C)c1cc(F)c(C)cc1N(C)C. The van der Waals surface area contributed by atoms with Crippen molar-refractivity contribution in [1.82, 2.24) is 5.32 Å². The molecule has 17 heavy (non-hydrogen) atoms. The summed E-state index contributed by atoms with van der Waals surface area (Å²) in [5.41, 5.74) is 2.80. The predicted octanol–water partition coefficient (Wildman–Crippen LogP) is 3.26. The van der Waals surface area contributed by atoms with Crippen LogP contribution in [0, 0.1) is 12.7 Å². The van der Waals surface area contributed by atoms with Crippen molar-refractivity contribution in [3.63, 3.8) is 0 Å². The fourth-order valence-electron chi connectivity index (χ4n) is 1.89. The van der Waals surface area contributed by atoms with Crippen LogP contribution in [0.2, 0.25) is 0 Å². The van der Waals surface area contributed by atoms with Gasteiger partial charge in [0.2, 0.25) is 0 Å². The number of halogens is 1. The van der Waals surface area contributed by atoms with Gasteiger partial charge in [-0.1, -0.05) is 6.92 Å². The summed E-state index contributed by atoms with van der Waals surface area (Å²) in [4.78, 5) is 2.03. The first kappa shape index (κ1) is 14.0. The van der Waals surface area contributed by atoms with Gasteiger partial charge in [0.05, 0.1) is 0 Å². The van der Waals surface area contributed by atoms with Crippen LogP contribution in [-0.4, -0.2) is 20.6 Å². The van der Waals surface area contributed by atoms with Crippen molar-refractivity contribution in [1.29, 1.82) is 0 Å². The maximum atomic E-state index is 13.7. The number of nitrogens with zero attached hydrogens (tertiary/aromatic N) is 1. The van der Waals surface area contributed by atoms with E-state index in [4.69, 9.17) is 0 Å². The van der Waals surface area contributed by atoms with Crippen LogP contribution in [0.1, 0.15) is 37.4 Å². The molecular formula is C14H23FN2. The summed E-state index contributed by atoms with van der Waals surface area (Å²) < 4.78 is 13.7. The van der Waals surface area contributed by atoms with Gasteiger partial charge in [0, 0.05) is 25.8 Å². The zero-order valence-electron chi connectivity index (χ0n) is 11.5. The van der Waals surface area contributed by atoms with E-state index in [1.165, 1.54) is 0 Å². The zero-order valence-corrected chi connectivity index (χ0v) is 11.5. The van der Waals surface area contributed by atoms with Crippen molar-refractivity contribution in [3.8, 4) is 0 Å². The van der Waals surface area contributed by atoms with E-state index in [0.717, 1.165) is 24.2 Å². The number of benzene rings is 1. The highest BCUT2D eigenvalue weighted by atomic mass is 19.1. The van der Waals surface area contributed by atoms with Gasteiger partial charge in [-0.25, -0.2) is 4.39 Å². The van der Waals surface area contributed by atoms with Crippen molar-refractivity contribution >= 4 is 5.69 Å². The highest BCUT2D eigenvalue weighted by Gasteiger charge is 2.14. The maximum Gasteiger partial charge on any atom is 0.126 e. The van der Waals surface area contributed by atoms with Gasteiger partial charge in [-0.2, -0.15) is 0 Å². The minimum Gasteiger partial charge on any atom is -0.377 e. The molecule has 0 aliphatic carbocycles. The average Bonchev–Trinajstić information content (AvgIpc) is 2.28. The Balaban J connectivity index is 3.07. The molecular weight excluding hydrogens is 215 g/mol. The number of hydrogen-bond donors (Lipinski definition) is 1. The van der Waals surface area contributed by atoms with E-state index in [2.05, 4.69) is 19.2 Å². The van der Waals surface area contributed by atoms with E-state index in [1.807, 2.05) is 25.1 Å². The first-order valence-corrected chi connectivity index (χ1v) is 6.18. The summed E-state index contributed by atoms with van der Waals surface area (Å²) in [5.74, 6) is -0.129. The Morgan fingerprint density at radius 1 is 1.35 bits per heavy atom. The number of anilines is 1. The summed E-state index contributed by atoms with van der Waals surface area (Å²) in [6.45, 7) is 6.95. The van der Waals surface area contributed by atoms with Gasteiger partial charge < -0.3 is 10.2 Å². The van der Waals surface area contributed by atoms with Crippen LogP contribution >= 0.6 is 0 Å². The van der Waals surface area contributed by atoms with Crippen LogP contribution in [-0.2, 0) is 0 Å². The lowest BCUT2D eigenvalue weighted by Gasteiger charge is -2.23. The Hall–Kier alpha value is -1.09. The second kappa shape index (κ2) is 6.01. The van der Waals surface area contributed by atoms with Crippen molar-refractivity contribution < 1.29 is 4.39 Å². The van der Waals surface area contributed by atoms with E-state index in [9.17, 15) is 4.39 Å².